The fraction of sp³-hybridized carbons (Fsp3) is 0.0755. The molecule has 0 amide bonds. The molecule has 0 saturated carbocycles. The molecule has 0 saturated heterocycles. The molecule has 0 fully saturated rings. The molecule has 6 aromatic carbocycles. The van der Waals surface area contributed by atoms with Crippen molar-refractivity contribution in [2.45, 2.75) is 19.3 Å². The van der Waals surface area contributed by atoms with Gasteiger partial charge in [-0.15, -0.1) is 0 Å². The molecule has 0 bridgehead atoms. The highest BCUT2D eigenvalue weighted by Gasteiger charge is 2.54. The van der Waals surface area contributed by atoms with Gasteiger partial charge in [0.05, 0.1) is 5.41 Å². The lowest BCUT2D eigenvalue weighted by Crippen LogP contribution is -2.28. The van der Waals surface area contributed by atoms with Crippen LogP contribution in [0.3, 0.4) is 0 Å². The molecule has 266 valence electrons. The van der Waals surface area contributed by atoms with Crippen molar-refractivity contribution in [3.05, 3.63) is 233 Å². The van der Waals surface area contributed by atoms with Crippen molar-refractivity contribution in [1.29, 1.82) is 0 Å². The van der Waals surface area contributed by atoms with Gasteiger partial charge in [-0.3, -0.25) is 0 Å². The van der Waals surface area contributed by atoms with Crippen molar-refractivity contribution in [3.8, 4) is 45.0 Å². The first kappa shape index (κ1) is 33.6. The third kappa shape index (κ3) is 5.23. The SMILES string of the molecule is C\C=C/C=C1\C(=C2/C=C(c3nc(-c4ccccc4)nc(-c4ccccc4-c4ccccc4)n3)C=CC2C)C2(c3ccccc31)c1ccccc1-c1ccccc12. The summed E-state index contributed by atoms with van der Waals surface area (Å²) in [5, 5.41) is 0. The number of nitrogens with zero attached hydrogens (tertiary/aromatic N) is 3. The van der Waals surface area contributed by atoms with Gasteiger partial charge in [-0.25, -0.2) is 15.0 Å². The van der Waals surface area contributed by atoms with E-state index in [4.69, 9.17) is 15.0 Å². The second-order valence-electron chi connectivity index (χ2n) is 14.7. The van der Waals surface area contributed by atoms with Gasteiger partial charge in [0.25, 0.3) is 0 Å². The normalized spacial score (nSPS) is 18.3. The van der Waals surface area contributed by atoms with Gasteiger partial charge in [0.2, 0.25) is 0 Å². The molecule has 3 aliphatic carbocycles. The molecule has 3 heteroatoms. The number of fused-ring (bicyclic) bond motifs is 7. The Bertz CT molecular complexity index is 2770. The molecule has 3 nitrogen and oxygen atoms in total. The van der Waals surface area contributed by atoms with Gasteiger partial charge in [-0.2, -0.15) is 0 Å². The summed E-state index contributed by atoms with van der Waals surface area (Å²) >= 11 is 0. The molecular weight excluding hydrogens is 679 g/mol. The van der Waals surface area contributed by atoms with Gasteiger partial charge in [-0.1, -0.05) is 195 Å². The summed E-state index contributed by atoms with van der Waals surface area (Å²) < 4.78 is 0. The Balaban J connectivity index is 1.26. The van der Waals surface area contributed by atoms with E-state index in [1.807, 2.05) is 24.3 Å². The lowest BCUT2D eigenvalue weighted by atomic mass is 9.67. The minimum atomic E-state index is -0.498. The molecule has 56 heavy (non-hydrogen) atoms. The monoisotopic (exact) mass is 717 g/mol. The first-order chi connectivity index (χ1) is 27.7. The van der Waals surface area contributed by atoms with E-state index in [-0.39, 0.29) is 5.92 Å². The molecule has 1 spiro atoms. The standard InChI is InChI=1S/C53H39N3/c1-3-4-23-43-42-27-15-18-31-48(42)53(46-29-16-13-25-40(46)41-26-14-17-30-47(41)53)49(43)45-34-38(33-32-35(45)2)51-54-50(37-21-9-6-10-22-37)55-52(56-51)44-28-12-11-24-39(44)36-19-7-5-8-20-36/h3-35H,1-2H3/b4-3-,43-23-,49-45-. The fourth-order valence-corrected chi connectivity index (χ4v) is 9.08. The van der Waals surface area contributed by atoms with E-state index in [2.05, 4.69) is 184 Å². The number of allylic oxidation sites excluding steroid dienone is 10. The zero-order chi connectivity index (χ0) is 37.6. The largest absolute Gasteiger partial charge is 0.208 e. The highest BCUT2D eigenvalue weighted by atomic mass is 15.0. The minimum absolute atomic E-state index is 0.127. The van der Waals surface area contributed by atoms with Gasteiger partial charge in [0, 0.05) is 16.7 Å². The highest BCUT2D eigenvalue weighted by molar-refractivity contribution is 6.01. The first-order valence-corrected chi connectivity index (χ1v) is 19.4. The van der Waals surface area contributed by atoms with Crippen LogP contribution < -0.4 is 0 Å². The van der Waals surface area contributed by atoms with Crippen LogP contribution in [0.25, 0.3) is 56.2 Å². The first-order valence-electron chi connectivity index (χ1n) is 19.4. The smallest absolute Gasteiger partial charge is 0.164 e. The Labute approximate surface area is 328 Å². The maximum Gasteiger partial charge on any atom is 0.164 e. The Kier molecular flexibility index (Phi) is 8.22. The molecule has 10 rings (SSSR count). The minimum Gasteiger partial charge on any atom is -0.208 e. The summed E-state index contributed by atoms with van der Waals surface area (Å²) in [5.74, 6) is 2.07. The number of hydrogen-bond acceptors (Lipinski definition) is 3. The van der Waals surface area contributed by atoms with Crippen LogP contribution in [-0.4, -0.2) is 15.0 Å². The maximum absolute atomic E-state index is 5.30. The topological polar surface area (TPSA) is 38.7 Å². The number of rotatable bonds is 5. The van der Waals surface area contributed by atoms with Gasteiger partial charge < -0.3 is 0 Å². The summed E-state index contributed by atoms with van der Waals surface area (Å²) in [4.78, 5) is 15.7. The van der Waals surface area contributed by atoms with Crippen LogP contribution in [0.4, 0.5) is 0 Å². The summed E-state index contributed by atoms with van der Waals surface area (Å²) in [6.07, 6.45) is 13.5. The van der Waals surface area contributed by atoms with E-state index in [9.17, 15) is 0 Å². The van der Waals surface area contributed by atoms with Crippen molar-refractivity contribution < 1.29 is 0 Å². The average Bonchev–Trinajstić information content (AvgIpc) is 3.73. The molecular formula is C53H39N3. The van der Waals surface area contributed by atoms with Crippen LogP contribution in [-0.2, 0) is 5.41 Å². The zero-order valence-corrected chi connectivity index (χ0v) is 31.4. The predicted octanol–water partition coefficient (Wildman–Crippen LogP) is 12.7. The third-order valence-electron chi connectivity index (χ3n) is 11.5. The zero-order valence-electron chi connectivity index (χ0n) is 31.4. The molecule has 1 atom stereocenters. The van der Waals surface area contributed by atoms with Crippen LogP contribution in [0, 0.1) is 5.92 Å². The molecule has 1 unspecified atom stereocenters. The fourth-order valence-electron chi connectivity index (χ4n) is 9.08. The Morgan fingerprint density at radius 3 is 1.64 bits per heavy atom. The highest BCUT2D eigenvalue weighted by Crippen LogP contribution is 2.65. The maximum atomic E-state index is 5.30. The van der Waals surface area contributed by atoms with Gasteiger partial charge in [-0.05, 0) is 80.1 Å². The molecule has 0 N–H and O–H groups in total. The van der Waals surface area contributed by atoms with Crippen molar-refractivity contribution in [3.63, 3.8) is 0 Å². The van der Waals surface area contributed by atoms with Crippen molar-refractivity contribution in [1.82, 2.24) is 15.0 Å². The molecule has 0 aliphatic heterocycles. The second kappa shape index (κ2) is 13.7. The van der Waals surface area contributed by atoms with Crippen molar-refractivity contribution in [2.75, 3.05) is 0 Å². The van der Waals surface area contributed by atoms with E-state index >= 15 is 0 Å². The predicted molar refractivity (Wildman–Crippen MR) is 230 cm³/mol. The van der Waals surface area contributed by atoms with Crippen LogP contribution in [0.2, 0.25) is 0 Å². The van der Waals surface area contributed by atoms with E-state index in [1.54, 1.807) is 0 Å². The molecule has 1 aromatic heterocycles. The van der Waals surface area contributed by atoms with Crippen LogP contribution in [0.15, 0.2) is 205 Å². The third-order valence-corrected chi connectivity index (χ3v) is 11.5. The van der Waals surface area contributed by atoms with Gasteiger partial charge in [0.1, 0.15) is 0 Å². The summed E-state index contributed by atoms with van der Waals surface area (Å²) in [6, 6.07) is 56.1. The molecule has 1 heterocycles. The van der Waals surface area contributed by atoms with E-state index in [1.165, 1.54) is 50.1 Å². The molecule has 0 radical (unpaired) electrons. The van der Waals surface area contributed by atoms with E-state index in [0.29, 0.717) is 17.5 Å². The Morgan fingerprint density at radius 1 is 0.500 bits per heavy atom. The van der Waals surface area contributed by atoms with E-state index < -0.39 is 5.41 Å². The van der Waals surface area contributed by atoms with Crippen molar-refractivity contribution in [2.24, 2.45) is 5.92 Å². The number of hydrogen-bond donors (Lipinski definition) is 0. The van der Waals surface area contributed by atoms with Gasteiger partial charge in [0.15, 0.2) is 17.5 Å². The average molecular weight is 718 g/mol. The lowest BCUT2D eigenvalue weighted by molar-refractivity contribution is 0.758. The van der Waals surface area contributed by atoms with Crippen molar-refractivity contribution >= 4 is 11.1 Å². The Morgan fingerprint density at radius 2 is 1.00 bits per heavy atom. The van der Waals surface area contributed by atoms with E-state index in [0.717, 1.165) is 27.8 Å². The van der Waals surface area contributed by atoms with Crippen LogP contribution in [0.1, 0.15) is 41.9 Å². The van der Waals surface area contributed by atoms with Crippen LogP contribution in [0.5, 0.6) is 0 Å². The number of aromatic nitrogens is 3. The second-order valence-corrected chi connectivity index (χ2v) is 14.7. The molecule has 7 aromatic rings. The summed E-state index contributed by atoms with van der Waals surface area (Å²) in [6.45, 7) is 4.40. The lowest BCUT2D eigenvalue weighted by Gasteiger charge is -2.34. The summed E-state index contributed by atoms with van der Waals surface area (Å²) in [7, 11) is 0. The Hall–Kier alpha value is -6.97. The van der Waals surface area contributed by atoms with Gasteiger partial charge >= 0.3 is 0 Å². The van der Waals surface area contributed by atoms with Crippen LogP contribution >= 0.6 is 0 Å². The summed E-state index contributed by atoms with van der Waals surface area (Å²) in [5.41, 5.74) is 16.2. The quantitative estimate of drug-likeness (QED) is 0.178. The molecule has 3 aliphatic rings. The number of benzene rings is 6.